The minimum Gasteiger partial charge on any atom is -0.506 e. The average Bonchev–Trinajstić information content (AvgIpc) is 2.64. The molecule has 27 heavy (non-hydrogen) atoms. The second-order valence-corrected chi connectivity index (χ2v) is 8.52. The van der Waals surface area contributed by atoms with Gasteiger partial charge in [-0.2, -0.15) is 4.31 Å². The molecule has 1 saturated heterocycles. The van der Waals surface area contributed by atoms with Gasteiger partial charge in [0.25, 0.3) is 0 Å². The fourth-order valence-corrected chi connectivity index (χ4v) is 4.67. The van der Waals surface area contributed by atoms with Gasteiger partial charge >= 0.3 is 0 Å². The standard InChI is InChI=1S/C19H21FN2O4S/c1-13-6-7-16(17(23)12-13)21-19(24)14-8-10-22(11-9-14)27(25,26)18-5-3-2-4-15(18)20/h2-7,12,14,23H,8-11H2,1H3,(H,21,24). The number of anilines is 1. The Morgan fingerprint density at radius 2 is 1.85 bits per heavy atom. The van der Waals surface area contributed by atoms with Crippen molar-refractivity contribution in [1.29, 1.82) is 0 Å². The number of halogens is 1. The number of amides is 1. The van der Waals surface area contributed by atoms with Gasteiger partial charge in [-0.1, -0.05) is 18.2 Å². The van der Waals surface area contributed by atoms with E-state index in [9.17, 15) is 22.7 Å². The zero-order valence-electron chi connectivity index (χ0n) is 14.9. The molecule has 8 heteroatoms. The first kappa shape index (κ1) is 19.3. The quantitative estimate of drug-likeness (QED) is 0.784. The highest BCUT2D eigenvalue weighted by Gasteiger charge is 2.33. The van der Waals surface area contributed by atoms with Gasteiger partial charge in [0.15, 0.2) is 0 Å². The maximum atomic E-state index is 13.9. The maximum absolute atomic E-state index is 13.9. The summed E-state index contributed by atoms with van der Waals surface area (Å²) in [5, 5.41) is 12.6. The van der Waals surface area contributed by atoms with Gasteiger partial charge in [-0.3, -0.25) is 4.79 Å². The van der Waals surface area contributed by atoms with Gasteiger partial charge < -0.3 is 10.4 Å². The van der Waals surface area contributed by atoms with Crippen molar-refractivity contribution >= 4 is 21.6 Å². The van der Waals surface area contributed by atoms with Crippen LogP contribution in [0.2, 0.25) is 0 Å². The second-order valence-electron chi connectivity index (χ2n) is 6.62. The average molecular weight is 392 g/mol. The number of phenols is 1. The van der Waals surface area contributed by atoms with Crippen molar-refractivity contribution in [2.45, 2.75) is 24.7 Å². The normalized spacial score (nSPS) is 16.2. The number of piperidine rings is 1. The fourth-order valence-electron chi connectivity index (χ4n) is 3.13. The summed E-state index contributed by atoms with van der Waals surface area (Å²) in [7, 11) is -3.93. The Morgan fingerprint density at radius 1 is 1.19 bits per heavy atom. The lowest BCUT2D eigenvalue weighted by atomic mass is 9.97. The third-order valence-corrected chi connectivity index (χ3v) is 6.62. The molecule has 0 radical (unpaired) electrons. The molecule has 0 aromatic heterocycles. The zero-order valence-corrected chi connectivity index (χ0v) is 15.7. The number of phenolic OH excluding ortho intramolecular Hbond substituents is 1. The maximum Gasteiger partial charge on any atom is 0.245 e. The Hall–Kier alpha value is -2.45. The molecule has 2 aromatic carbocycles. The first-order valence-corrected chi connectivity index (χ1v) is 10.1. The molecule has 0 aliphatic carbocycles. The molecule has 1 amide bonds. The summed E-state index contributed by atoms with van der Waals surface area (Å²) in [6.07, 6.45) is 0.651. The van der Waals surface area contributed by atoms with Crippen LogP contribution in [-0.4, -0.2) is 36.8 Å². The smallest absolute Gasteiger partial charge is 0.245 e. The SMILES string of the molecule is Cc1ccc(NC(=O)C2CCN(S(=O)(=O)c3ccccc3F)CC2)c(O)c1. The van der Waals surface area contributed by atoms with Gasteiger partial charge in [0.05, 0.1) is 5.69 Å². The molecule has 0 bridgehead atoms. The lowest BCUT2D eigenvalue weighted by Gasteiger charge is -2.30. The van der Waals surface area contributed by atoms with E-state index in [1.165, 1.54) is 22.5 Å². The first-order valence-electron chi connectivity index (χ1n) is 8.64. The van der Waals surface area contributed by atoms with E-state index in [1.807, 2.05) is 6.92 Å². The topological polar surface area (TPSA) is 86.7 Å². The van der Waals surface area contributed by atoms with Crippen LogP contribution in [0.4, 0.5) is 10.1 Å². The van der Waals surface area contributed by atoms with E-state index >= 15 is 0 Å². The molecule has 3 rings (SSSR count). The third kappa shape index (κ3) is 4.12. The number of carbonyl (C=O) groups is 1. The highest BCUT2D eigenvalue weighted by molar-refractivity contribution is 7.89. The number of aryl methyl sites for hydroxylation is 1. The van der Waals surface area contributed by atoms with Crippen molar-refractivity contribution in [2.24, 2.45) is 5.92 Å². The van der Waals surface area contributed by atoms with Crippen LogP contribution in [-0.2, 0) is 14.8 Å². The molecule has 2 aromatic rings. The fraction of sp³-hybridized carbons (Fsp3) is 0.316. The molecule has 0 saturated carbocycles. The summed E-state index contributed by atoms with van der Waals surface area (Å²) in [6.45, 7) is 2.10. The molecule has 144 valence electrons. The number of aromatic hydroxyl groups is 1. The molecule has 0 atom stereocenters. The van der Waals surface area contributed by atoms with E-state index < -0.39 is 15.8 Å². The van der Waals surface area contributed by atoms with Crippen LogP contribution >= 0.6 is 0 Å². The molecule has 0 unspecified atom stereocenters. The van der Waals surface area contributed by atoms with Crippen molar-refractivity contribution in [3.05, 3.63) is 53.8 Å². The van der Waals surface area contributed by atoms with Crippen molar-refractivity contribution in [3.8, 4) is 5.75 Å². The Labute approximate surface area is 157 Å². The zero-order chi connectivity index (χ0) is 19.6. The minimum atomic E-state index is -3.93. The van der Waals surface area contributed by atoms with Crippen LogP contribution in [0, 0.1) is 18.7 Å². The van der Waals surface area contributed by atoms with E-state index in [-0.39, 0.29) is 35.6 Å². The molecular weight excluding hydrogens is 371 g/mol. The van der Waals surface area contributed by atoms with Crippen LogP contribution in [0.1, 0.15) is 18.4 Å². The lowest BCUT2D eigenvalue weighted by Crippen LogP contribution is -2.41. The van der Waals surface area contributed by atoms with Gasteiger partial charge in [-0.05, 0) is 49.6 Å². The molecule has 6 nitrogen and oxygen atoms in total. The van der Waals surface area contributed by atoms with E-state index in [4.69, 9.17) is 0 Å². The largest absolute Gasteiger partial charge is 0.506 e. The van der Waals surface area contributed by atoms with Crippen LogP contribution < -0.4 is 5.32 Å². The van der Waals surface area contributed by atoms with Gasteiger partial charge in [0.2, 0.25) is 15.9 Å². The van der Waals surface area contributed by atoms with Crippen molar-refractivity contribution in [3.63, 3.8) is 0 Å². The number of carbonyl (C=O) groups excluding carboxylic acids is 1. The first-order chi connectivity index (χ1) is 12.8. The van der Waals surface area contributed by atoms with Crippen LogP contribution in [0.25, 0.3) is 0 Å². The Balaban J connectivity index is 1.65. The van der Waals surface area contributed by atoms with Gasteiger partial charge in [0, 0.05) is 19.0 Å². The van der Waals surface area contributed by atoms with Crippen molar-refractivity contribution in [1.82, 2.24) is 4.31 Å². The monoisotopic (exact) mass is 392 g/mol. The van der Waals surface area contributed by atoms with Gasteiger partial charge in [-0.25, -0.2) is 12.8 Å². The number of benzene rings is 2. The molecule has 1 fully saturated rings. The molecule has 2 N–H and O–H groups in total. The second kappa shape index (κ2) is 7.66. The number of nitrogens with one attached hydrogen (secondary N) is 1. The summed E-state index contributed by atoms with van der Waals surface area (Å²) >= 11 is 0. The van der Waals surface area contributed by atoms with E-state index in [0.29, 0.717) is 18.5 Å². The molecule has 1 heterocycles. The number of hydrogen-bond acceptors (Lipinski definition) is 4. The number of sulfonamides is 1. The third-order valence-electron chi connectivity index (χ3n) is 4.69. The number of hydrogen-bond donors (Lipinski definition) is 2. The van der Waals surface area contributed by atoms with Crippen LogP contribution in [0.15, 0.2) is 47.4 Å². The molecule has 0 spiro atoms. The Morgan fingerprint density at radius 3 is 2.48 bits per heavy atom. The van der Waals surface area contributed by atoms with Crippen LogP contribution in [0.3, 0.4) is 0 Å². The Kier molecular flexibility index (Phi) is 5.48. The summed E-state index contributed by atoms with van der Waals surface area (Å²) in [4.78, 5) is 12.1. The highest BCUT2D eigenvalue weighted by Crippen LogP contribution is 2.28. The molecular formula is C19H21FN2O4S. The van der Waals surface area contributed by atoms with Crippen molar-refractivity contribution < 1.29 is 22.7 Å². The van der Waals surface area contributed by atoms with Gasteiger partial charge in [-0.15, -0.1) is 0 Å². The summed E-state index contributed by atoms with van der Waals surface area (Å²) in [5.41, 5.74) is 1.20. The summed E-state index contributed by atoms with van der Waals surface area (Å²) in [5.74, 6) is -1.44. The molecule has 1 aliphatic rings. The van der Waals surface area contributed by atoms with E-state index in [0.717, 1.165) is 11.6 Å². The molecule has 1 aliphatic heterocycles. The van der Waals surface area contributed by atoms with E-state index in [2.05, 4.69) is 5.32 Å². The highest BCUT2D eigenvalue weighted by atomic mass is 32.2. The summed E-state index contributed by atoms with van der Waals surface area (Å²) in [6, 6.07) is 10.2. The van der Waals surface area contributed by atoms with Crippen LogP contribution in [0.5, 0.6) is 5.75 Å². The number of rotatable bonds is 4. The van der Waals surface area contributed by atoms with E-state index in [1.54, 1.807) is 18.2 Å². The predicted octanol–water partition coefficient (Wildman–Crippen LogP) is 2.88. The van der Waals surface area contributed by atoms with Crippen molar-refractivity contribution in [2.75, 3.05) is 18.4 Å². The van der Waals surface area contributed by atoms with Gasteiger partial charge in [0.1, 0.15) is 16.5 Å². The summed E-state index contributed by atoms with van der Waals surface area (Å²) < 4.78 is 40.3. The lowest BCUT2D eigenvalue weighted by molar-refractivity contribution is -0.120. The predicted molar refractivity (Wildman–Crippen MR) is 99.4 cm³/mol. The minimum absolute atomic E-state index is 0.0112. The Bertz CT molecular complexity index is 954. The number of nitrogens with zero attached hydrogens (tertiary/aromatic N) is 1.